The van der Waals surface area contributed by atoms with Crippen LogP contribution < -0.4 is 5.32 Å². The highest BCUT2D eigenvalue weighted by Crippen LogP contribution is 2.25. The van der Waals surface area contributed by atoms with E-state index in [0.29, 0.717) is 24.8 Å². The van der Waals surface area contributed by atoms with E-state index in [2.05, 4.69) is 41.2 Å². The molecule has 7 heteroatoms. The summed E-state index contributed by atoms with van der Waals surface area (Å²) in [7, 11) is 0. The fraction of sp³-hybridized carbons (Fsp3) is 0.632. The summed E-state index contributed by atoms with van der Waals surface area (Å²) in [6.45, 7) is 9.01. The Morgan fingerprint density at radius 1 is 1.23 bits per heavy atom. The van der Waals surface area contributed by atoms with Crippen LogP contribution in [0, 0.1) is 0 Å². The lowest BCUT2D eigenvalue weighted by Crippen LogP contribution is -2.32. The largest absolute Gasteiger partial charge is 0.454 e. The summed E-state index contributed by atoms with van der Waals surface area (Å²) >= 11 is 0. The number of nitrogens with one attached hydrogen (secondary N) is 1. The van der Waals surface area contributed by atoms with Crippen molar-refractivity contribution in [3.05, 3.63) is 35.8 Å². The lowest BCUT2D eigenvalue weighted by molar-refractivity contribution is 0.0917. The summed E-state index contributed by atoms with van der Waals surface area (Å²) in [4.78, 5) is 14.8. The second kappa shape index (κ2) is 8.49. The number of hydrogen-bond acceptors (Lipinski definition) is 5. The van der Waals surface area contributed by atoms with Gasteiger partial charge in [0.05, 0.1) is 6.04 Å². The van der Waals surface area contributed by atoms with Gasteiger partial charge in [0.15, 0.2) is 5.76 Å². The van der Waals surface area contributed by atoms with E-state index in [4.69, 9.17) is 4.42 Å². The molecule has 0 spiro atoms. The van der Waals surface area contributed by atoms with Crippen LogP contribution in [-0.2, 0) is 6.42 Å². The highest BCUT2D eigenvalue weighted by molar-refractivity contribution is 5.91. The number of hydrogen-bond donors (Lipinski definition) is 1. The third kappa shape index (κ3) is 4.33. The molecule has 0 aromatic carbocycles. The smallest absolute Gasteiger partial charge is 0.287 e. The number of nitrogens with zero attached hydrogens (tertiary/aromatic N) is 4. The van der Waals surface area contributed by atoms with Crippen LogP contribution in [0.4, 0.5) is 0 Å². The predicted molar refractivity (Wildman–Crippen MR) is 99.0 cm³/mol. The first-order chi connectivity index (χ1) is 12.6. The Balaban J connectivity index is 1.52. The lowest BCUT2D eigenvalue weighted by Gasteiger charge is -2.31. The van der Waals surface area contributed by atoms with Crippen LogP contribution in [0.25, 0.3) is 0 Å². The topological polar surface area (TPSA) is 76.2 Å². The fourth-order valence-corrected chi connectivity index (χ4v) is 3.44. The molecule has 0 saturated carbocycles. The molecule has 1 saturated heterocycles. The number of amides is 1. The number of likely N-dealkylation sites (tertiary alicyclic amines) is 1. The van der Waals surface area contributed by atoms with Crippen LogP contribution in [0.3, 0.4) is 0 Å². The molecule has 0 bridgehead atoms. The molecule has 1 aliphatic rings. The molecule has 26 heavy (non-hydrogen) atoms. The van der Waals surface area contributed by atoms with E-state index in [9.17, 15) is 4.79 Å². The fourth-order valence-electron chi connectivity index (χ4n) is 3.44. The normalized spacial score (nSPS) is 16.8. The second-order valence-electron chi connectivity index (χ2n) is 7.23. The Labute approximate surface area is 154 Å². The van der Waals surface area contributed by atoms with Gasteiger partial charge < -0.3 is 14.3 Å². The number of aromatic nitrogens is 3. The van der Waals surface area contributed by atoms with E-state index < -0.39 is 0 Å². The SMILES string of the molecule is CC(c1ccc(C(=O)NCCc2nncn2C(C)C)o1)N1CCCCC1. The van der Waals surface area contributed by atoms with Crippen molar-refractivity contribution < 1.29 is 9.21 Å². The van der Waals surface area contributed by atoms with Crippen molar-refractivity contribution in [2.75, 3.05) is 19.6 Å². The average Bonchev–Trinajstić information content (AvgIpc) is 3.31. The van der Waals surface area contributed by atoms with E-state index >= 15 is 0 Å². The molecule has 1 amide bonds. The van der Waals surface area contributed by atoms with Gasteiger partial charge in [-0.25, -0.2) is 0 Å². The van der Waals surface area contributed by atoms with Gasteiger partial charge in [-0.05, 0) is 58.8 Å². The Morgan fingerprint density at radius 3 is 2.73 bits per heavy atom. The van der Waals surface area contributed by atoms with Crippen LogP contribution >= 0.6 is 0 Å². The van der Waals surface area contributed by atoms with E-state index in [0.717, 1.165) is 24.7 Å². The molecule has 3 rings (SSSR count). The molecular formula is C19H29N5O2. The van der Waals surface area contributed by atoms with Crippen molar-refractivity contribution >= 4 is 5.91 Å². The molecular weight excluding hydrogens is 330 g/mol. The van der Waals surface area contributed by atoms with Crippen molar-refractivity contribution in [3.8, 4) is 0 Å². The van der Waals surface area contributed by atoms with E-state index in [1.807, 2.05) is 10.6 Å². The molecule has 1 N–H and O–H groups in total. The Morgan fingerprint density at radius 2 is 2.00 bits per heavy atom. The van der Waals surface area contributed by atoms with Gasteiger partial charge in [-0.1, -0.05) is 6.42 Å². The average molecular weight is 359 g/mol. The zero-order chi connectivity index (χ0) is 18.5. The van der Waals surface area contributed by atoms with Gasteiger partial charge in [0.25, 0.3) is 5.91 Å². The van der Waals surface area contributed by atoms with Gasteiger partial charge in [0.2, 0.25) is 0 Å². The van der Waals surface area contributed by atoms with Crippen LogP contribution in [-0.4, -0.2) is 45.2 Å². The molecule has 142 valence electrons. The number of carbonyl (C=O) groups excluding carboxylic acids is 1. The quantitative estimate of drug-likeness (QED) is 0.822. The molecule has 1 unspecified atom stereocenters. The number of furan rings is 1. The first-order valence-corrected chi connectivity index (χ1v) is 9.56. The van der Waals surface area contributed by atoms with Gasteiger partial charge in [0.1, 0.15) is 17.9 Å². The van der Waals surface area contributed by atoms with E-state index in [-0.39, 0.29) is 11.9 Å². The highest BCUT2D eigenvalue weighted by atomic mass is 16.4. The Bertz CT molecular complexity index is 715. The molecule has 3 heterocycles. The summed E-state index contributed by atoms with van der Waals surface area (Å²) in [6, 6.07) is 4.20. The Hall–Kier alpha value is -2.15. The molecule has 0 aliphatic carbocycles. The standard InChI is InChI=1S/C19H29N5O2/c1-14(2)24-13-21-22-18(24)9-10-20-19(25)17-8-7-16(26-17)15(3)23-11-5-4-6-12-23/h7-8,13-15H,4-6,9-12H2,1-3H3,(H,20,25). The molecule has 7 nitrogen and oxygen atoms in total. The minimum atomic E-state index is -0.183. The van der Waals surface area contributed by atoms with Gasteiger partial charge in [0, 0.05) is 19.0 Å². The van der Waals surface area contributed by atoms with Crippen molar-refractivity contribution in [3.63, 3.8) is 0 Å². The van der Waals surface area contributed by atoms with Gasteiger partial charge in [-0.15, -0.1) is 10.2 Å². The number of piperidine rings is 1. The Kier molecular flexibility index (Phi) is 6.08. The van der Waals surface area contributed by atoms with E-state index in [1.54, 1.807) is 12.4 Å². The molecule has 2 aromatic rings. The summed E-state index contributed by atoms with van der Waals surface area (Å²) in [6.07, 6.45) is 6.14. The molecule has 2 aromatic heterocycles. The summed E-state index contributed by atoms with van der Waals surface area (Å²) < 4.78 is 7.83. The molecule has 1 fully saturated rings. The van der Waals surface area contributed by atoms with Crippen molar-refractivity contribution in [2.45, 2.75) is 58.5 Å². The van der Waals surface area contributed by atoms with Crippen LogP contribution in [0.5, 0.6) is 0 Å². The minimum Gasteiger partial charge on any atom is -0.454 e. The highest BCUT2D eigenvalue weighted by Gasteiger charge is 2.22. The second-order valence-corrected chi connectivity index (χ2v) is 7.23. The maximum atomic E-state index is 12.3. The van der Waals surface area contributed by atoms with Gasteiger partial charge in [-0.3, -0.25) is 9.69 Å². The van der Waals surface area contributed by atoms with Crippen molar-refractivity contribution in [2.24, 2.45) is 0 Å². The third-order valence-corrected chi connectivity index (χ3v) is 5.04. The third-order valence-electron chi connectivity index (χ3n) is 5.04. The predicted octanol–water partition coefficient (Wildman–Crippen LogP) is 2.97. The number of rotatable bonds is 7. The zero-order valence-corrected chi connectivity index (χ0v) is 15.9. The summed E-state index contributed by atoms with van der Waals surface area (Å²) in [5, 5.41) is 11.0. The van der Waals surface area contributed by atoms with E-state index in [1.165, 1.54) is 19.3 Å². The van der Waals surface area contributed by atoms with Crippen molar-refractivity contribution in [1.29, 1.82) is 0 Å². The monoisotopic (exact) mass is 359 g/mol. The number of carbonyl (C=O) groups is 1. The molecule has 0 radical (unpaired) electrons. The molecule has 1 aliphatic heterocycles. The first kappa shape index (κ1) is 18.6. The zero-order valence-electron chi connectivity index (χ0n) is 15.9. The van der Waals surface area contributed by atoms with Crippen LogP contribution in [0.1, 0.15) is 74.3 Å². The van der Waals surface area contributed by atoms with Crippen LogP contribution in [0.15, 0.2) is 22.9 Å². The molecule has 1 atom stereocenters. The minimum absolute atomic E-state index is 0.183. The van der Waals surface area contributed by atoms with Crippen LogP contribution in [0.2, 0.25) is 0 Å². The van der Waals surface area contributed by atoms with Gasteiger partial charge >= 0.3 is 0 Å². The maximum Gasteiger partial charge on any atom is 0.287 e. The lowest BCUT2D eigenvalue weighted by atomic mass is 10.1. The first-order valence-electron chi connectivity index (χ1n) is 9.56. The summed E-state index contributed by atoms with van der Waals surface area (Å²) in [5.74, 6) is 1.92. The maximum absolute atomic E-state index is 12.3. The summed E-state index contributed by atoms with van der Waals surface area (Å²) in [5.41, 5.74) is 0. The van der Waals surface area contributed by atoms with Gasteiger partial charge in [-0.2, -0.15) is 0 Å². The van der Waals surface area contributed by atoms with Crippen molar-refractivity contribution in [1.82, 2.24) is 25.0 Å².